The summed E-state index contributed by atoms with van der Waals surface area (Å²) < 4.78 is 0. The Bertz CT molecular complexity index is 358. The second kappa shape index (κ2) is 4.34. The Morgan fingerprint density at radius 3 is 2.87 bits per heavy atom. The molecule has 3 N–H and O–H groups in total. The number of benzene rings is 1. The van der Waals surface area contributed by atoms with Crippen LogP contribution in [0.15, 0.2) is 24.3 Å². The Morgan fingerprint density at radius 2 is 2.27 bits per heavy atom. The summed E-state index contributed by atoms with van der Waals surface area (Å²) in [5.41, 5.74) is 6.89. The zero-order chi connectivity index (χ0) is 10.7. The van der Waals surface area contributed by atoms with Crippen LogP contribution in [0.2, 0.25) is 0 Å². The second-order valence-corrected chi connectivity index (χ2v) is 4.13. The van der Waals surface area contributed by atoms with Crippen LogP contribution in [0.25, 0.3) is 0 Å². The van der Waals surface area contributed by atoms with Crippen molar-refractivity contribution in [2.24, 2.45) is 5.92 Å². The molecule has 1 aliphatic rings. The van der Waals surface area contributed by atoms with Crippen molar-refractivity contribution < 1.29 is 4.79 Å². The molecule has 0 aliphatic heterocycles. The van der Waals surface area contributed by atoms with Gasteiger partial charge >= 0.3 is 0 Å². The van der Waals surface area contributed by atoms with Crippen LogP contribution in [0.1, 0.15) is 29.6 Å². The van der Waals surface area contributed by atoms with Crippen LogP contribution >= 0.6 is 0 Å². The van der Waals surface area contributed by atoms with Crippen molar-refractivity contribution in [2.75, 3.05) is 12.3 Å². The van der Waals surface area contributed by atoms with Gasteiger partial charge in [-0.3, -0.25) is 4.79 Å². The Kier molecular flexibility index (Phi) is 2.90. The Hall–Kier alpha value is -1.51. The van der Waals surface area contributed by atoms with E-state index in [1.807, 2.05) is 0 Å². The van der Waals surface area contributed by atoms with Gasteiger partial charge in [0.05, 0.1) is 0 Å². The van der Waals surface area contributed by atoms with E-state index in [1.165, 1.54) is 19.3 Å². The maximum absolute atomic E-state index is 11.7. The second-order valence-electron chi connectivity index (χ2n) is 4.13. The predicted molar refractivity (Wildman–Crippen MR) is 60.5 cm³/mol. The SMILES string of the molecule is Nc1cccc(C(=O)NCC2CCC2)c1. The maximum Gasteiger partial charge on any atom is 0.251 e. The number of amides is 1. The number of carbonyl (C=O) groups is 1. The molecule has 3 nitrogen and oxygen atoms in total. The molecule has 0 saturated heterocycles. The fourth-order valence-corrected chi connectivity index (χ4v) is 1.72. The van der Waals surface area contributed by atoms with Crippen molar-refractivity contribution >= 4 is 11.6 Å². The Balaban J connectivity index is 1.89. The lowest BCUT2D eigenvalue weighted by molar-refractivity contribution is 0.0939. The Morgan fingerprint density at radius 1 is 1.47 bits per heavy atom. The van der Waals surface area contributed by atoms with Gasteiger partial charge in [-0.05, 0) is 37.0 Å². The van der Waals surface area contributed by atoms with E-state index in [-0.39, 0.29) is 5.91 Å². The minimum absolute atomic E-state index is 0.0193. The first-order valence-corrected chi connectivity index (χ1v) is 5.39. The topological polar surface area (TPSA) is 55.1 Å². The van der Waals surface area contributed by atoms with E-state index in [0.717, 1.165) is 6.54 Å². The van der Waals surface area contributed by atoms with Gasteiger partial charge in [0.2, 0.25) is 0 Å². The average molecular weight is 204 g/mol. The van der Waals surface area contributed by atoms with Crippen LogP contribution in [-0.2, 0) is 0 Å². The number of nitrogen functional groups attached to an aromatic ring is 1. The molecule has 1 saturated carbocycles. The standard InChI is InChI=1S/C12H16N2O/c13-11-6-2-5-10(7-11)12(15)14-8-9-3-1-4-9/h2,5-7,9H,1,3-4,8,13H2,(H,14,15). The third-order valence-electron chi connectivity index (χ3n) is 2.92. The molecule has 1 fully saturated rings. The maximum atomic E-state index is 11.7. The predicted octanol–water partition coefficient (Wildman–Crippen LogP) is 1.80. The third-order valence-corrected chi connectivity index (χ3v) is 2.92. The third kappa shape index (κ3) is 2.49. The summed E-state index contributed by atoms with van der Waals surface area (Å²) in [5, 5.41) is 2.93. The van der Waals surface area contributed by atoms with Gasteiger partial charge in [0.25, 0.3) is 5.91 Å². The van der Waals surface area contributed by atoms with E-state index < -0.39 is 0 Å². The average Bonchev–Trinajstić information content (AvgIpc) is 2.15. The first kappa shape index (κ1) is 10.0. The molecule has 0 spiro atoms. The highest BCUT2D eigenvalue weighted by atomic mass is 16.1. The van der Waals surface area contributed by atoms with Crippen molar-refractivity contribution in [3.63, 3.8) is 0 Å². The summed E-state index contributed by atoms with van der Waals surface area (Å²) in [5.74, 6) is 0.671. The molecular weight excluding hydrogens is 188 g/mol. The fourth-order valence-electron chi connectivity index (χ4n) is 1.72. The first-order valence-electron chi connectivity index (χ1n) is 5.39. The molecule has 1 aromatic carbocycles. The number of nitrogens with one attached hydrogen (secondary N) is 1. The highest BCUT2D eigenvalue weighted by Crippen LogP contribution is 2.25. The monoisotopic (exact) mass is 204 g/mol. The molecular formula is C12H16N2O. The molecule has 15 heavy (non-hydrogen) atoms. The number of rotatable bonds is 3. The molecule has 3 heteroatoms. The number of hydrogen-bond donors (Lipinski definition) is 2. The van der Waals surface area contributed by atoms with Crippen LogP contribution in [0.5, 0.6) is 0 Å². The van der Waals surface area contributed by atoms with Gasteiger partial charge in [0, 0.05) is 17.8 Å². The van der Waals surface area contributed by atoms with Gasteiger partial charge in [-0.2, -0.15) is 0 Å². The zero-order valence-electron chi connectivity index (χ0n) is 8.70. The molecule has 1 aliphatic carbocycles. The summed E-state index contributed by atoms with van der Waals surface area (Å²) in [6.45, 7) is 0.799. The highest BCUT2D eigenvalue weighted by Gasteiger charge is 2.18. The van der Waals surface area contributed by atoms with Gasteiger partial charge in [0.15, 0.2) is 0 Å². The van der Waals surface area contributed by atoms with Crippen molar-refractivity contribution in [3.05, 3.63) is 29.8 Å². The lowest BCUT2D eigenvalue weighted by Crippen LogP contribution is -2.32. The van der Waals surface area contributed by atoms with Crippen molar-refractivity contribution in [1.82, 2.24) is 5.32 Å². The minimum atomic E-state index is -0.0193. The molecule has 1 amide bonds. The van der Waals surface area contributed by atoms with Gasteiger partial charge < -0.3 is 11.1 Å². The molecule has 80 valence electrons. The van der Waals surface area contributed by atoms with Gasteiger partial charge in [-0.1, -0.05) is 12.5 Å². The fraction of sp³-hybridized carbons (Fsp3) is 0.417. The minimum Gasteiger partial charge on any atom is -0.399 e. The normalized spacial score (nSPS) is 15.7. The molecule has 0 aromatic heterocycles. The largest absolute Gasteiger partial charge is 0.399 e. The van der Waals surface area contributed by atoms with E-state index in [2.05, 4.69) is 5.32 Å². The van der Waals surface area contributed by atoms with Crippen molar-refractivity contribution in [1.29, 1.82) is 0 Å². The molecule has 0 heterocycles. The first-order chi connectivity index (χ1) is 7.25. The van der Waals surface area contributed by atoms with Crippen LogP contribution in [-0.4, -0.2) is 12.5 Å². The number of anilines is 1. The quantitative estimate of drug-likeness (QED) is 0.738. The van der Waals surface area contributed by atoms with Crippen LogP contribution in [0, 0.1) is 5.92 Å². The molecule has 0 atom stereocenters. The van der Waals surface area contributed by atoms with E-state index in [0.29, 0.717) is 17.2 Å². The van der Waals surface area contributed by atoms with E-state index in [1.54, 1.807) is 24.3 Å². The number of nitrogens with two attached hydrogens (primary N) is 1. The molecule has 2 rings (SSSR count). The summed E-state index contributed by atoms with van der Waals surface area (Å²) in [4.78, 5) is 11.7. The summed E-state index contributed by atoms with van der Waals surface area (Å²) in [6.07, 6.45) is 3.80. The molecule has 0 radical (unpaired) electrons. The Labute approximate surface area is 89.7 Å². The molecule has 0 unspecified atom stereocenters. The van der Waals surface area contributed by atoms with E-state index in [9.17, 15) is 4.79 Å². The van der Waals surface area contributed by atoms with Gasteiger partial charge in [-0.25, -0.2) is 0 Å². The van der Waals surface area contributed by atoms with Crippen molar-refractivity contribution in [3.8, 4) is 0 Å². The zero-order valence-corrected chi connectivity index (χ0v) is 8.70. The van der Waals surface area contributed by atoms with Crippen LogP contribution in [0.3, 0.4) is 0 Å². The van der Waals surface area contributed by atoms with Crippen molar-refractivity contribution in [2.45, 2.75) is 19.3 Å². The van der Waals surface area contributed by atoms with E-state index in [4.69, 9.17) is 5.73 Å². The summed E-state index contributed by atoms with van der Waals surface area (Å²) in [6, 6.07) is 7.07. The summed E-state index contributed by atoms with van der Waals surface area (Å²) >= 11 is 0. The highest BCUT2D eigenvalue weighted by molar-refractivity contribution is 5.94. The van der Waals surface area contributed by atoms with Gasteiger partial charge in [0.1, 0.15) is 0 Å². The lowest BCUT2D eigenvalue weighted by Gasteiger charge is -2.25. The van der Waals surface area contributed by atoms with Gasteiger partial charge in [-0.15, -0.1) is 0 Å². The van der Waals surface area contributed by atoms with E-state index >= 15 is 0 Å². The molecule has 1 aromatic rings. The number of hydrogen-bond acceptors (Lipinski definition) is 2. The number of carbonyl (C=O) groups excluding carboxylic acids is 1. The molecule has 0 bridgehead atoms. The van der Waals surface area contributed by atoms with Crippen LogP contribution < -0.4 is 11.1 Å². The lowest BCUT2D eigenvalue weighted by atomic mass is 9.85. The smallest absolute Gasteiger partial charge is 0.251 e. The summed E-state index contributed by atoms with van der Waals surface area (Å²) in [7, 11) is 0. The van der Waals surface area contributed by atoms with Crippen LogP contribution in [0.4, 0.5) is 5.69 Å².